The van der Waals surface area contributed by atoms with Gasteiger partial charge in [-0.2, -0.15) is 8.78 Å². The van der Waals surface area contributed by atoms with Gasteiger partial charge in [-0.25, -0.2) is 13.2 Å². The number of carbonyl (C=O) groups excluding carboxylic acids is 2. The van der Waals surface area contributed by atoms with Crippen LogP contribution >= 0.6 is 0 Å². The zero-order valence-corrected chi connectivity index (χ0v) is 16.7. The van der Waals surface area contributed by atoms with Gasteiger partial charge in [0.05, 0.1) is 10.5 Å². The van der Waals surface area contributed by atoms with Crippen LogP contribution in [0.25, 0.3) is 0 Å². The molecule has 0 saturated heterocycles. The van der Waals surface area contributed by atoms with Crippen molar-refractivity contribution in [2.45, 2.75) is 30.6 Å². The molecule has 1 atom stereocenters. The topological polar surface area (TPSA) is 80.8 Å². The van der Waals surface area contributed by atoms with Crippen molar-refractivity contribution in [2.75, 3.05) is 13.1 Å². The minimum absolute atomic E-state index is 0.0634. The molecule has 156 valence electrons. The Morgan fingerprint density at radius 2 is 1.52 bits per heavy atom. The third-order valence-electron chi connectivity index (χ3n) is 4.28. The molecule has 0 aliphatic carbocycles. The van der Waals surface area contributed by atoms with E-state index in [9.17, 15) is 26.8 Å². The summed E-state index contributed by atoms with van der Waals surface area (Å²) in [5.41, 5.74) is 0.418. The van der Waals surface area contributed by atoms with Crippen molar-refractivity contribution in [3.63, 3.8) is 0 Å². The fraction of sp³-hybridized carbons (Fsp3) is 0.300. The van der Waals surface area contributed by atoms with E-state index in [0.29, 0.717) is 18.7 Å². The first-order valence-electron chi connectivity index (χ1n) is 8.89. The highest BCUT2D eigenvalue weighted by Gasteiger charge is 2.30. The summed E-state index contributed by atoms with van der Waals surface area (Å²) in [4.78, 5) is 26.3. The summed E-state index contributed by atoms with van der Waals surface area (Å²) < 4.78 is 53.6. The van der Waals surface area contributed by atoms with Crippen molar-refractivity contribution in [3.8, 4) is 0 Å². The van der Waals surface area contributed by atoms with E-state index >= 15 is 0 Å². The van der Waals surface area contributed by atoms with Crippen LogP contribution in [-0.4, -0.2) is 44.0 Å². The summed E-state index contributed by atoms with van der Waals surface area (Å²) in [6.07, 6.45) is -1.19. The van der Waals surface area contributed by atoms with Crippen LogP contribution in [0.1, 0.15) is 35.9 Å². The predicted molar refractivity (Wildman–Crippen MR) is 102 cm³/mol. The molecule has 1 amide bonds. The minimum atomic E-state index is -4.76. The molecule has 0 spiro atoms. The fourth-order valence-corrected chi connectivity index (χ4v) is 3.37. The summed E-state index contributed by atoms with van der Waals surface area (Å²) in [7, 11) is -4.76. The van der Waals surface area contributed by atoms with Crippen molar-refractivity contribution >= 4 is 21.7 Å². The molecule has 6 nitrogen and oxygen atoms in total. The molecule has 0 aliphatic rings. The Kier molecular flexibility index (Phi) is 7.44. The molecule has 29 heavy (non-hydrogen) atoms. The average molecular weight is 425 g/mol. The van der Waals surface area contributed by atoms with Gasteiger partial charge < -0.3 is 9.64 Å². The number of esters is 1. The Hall–Kier alpha value is -2.81. The molecular weight excluding hydrogens is 404 g/mol. The molecule has 2 aromatic rings. The molecule has 2 aromatic carbocycles. The first kappa shape index (κ1) is 22.5. The van der Waals surface area contributed by atoms with Gasteiger partial charge in [-0.3, -0.25) is 4.79 Å². The summed E-state index contributed by atoms with van der Waals surface area (Å²) in [5.74, 6) is -4.83. The van der Waals surface area contributed by atoms with Gasteiger partial charge >= 0.3 is 11.7 Å². The molecule has 1 unspecified atom stereocenters. The molecule has 0 aromatic heterocycles. The molecule has 2 rings (SSSR count). The average Bonchev–Trinajstić information content (AvgIpc) is 2.73. The van der Waals surface area contributed by atoms with Gasteiger partial charge in [0.1, 0.15) is 0 Å². The highest BCUT2D eigenvalue weighted by atomic mass is 32.2. The number of rotatable bonds is 8. The van der Waals surface area contributed by atoms with Crippen LogP contribution < -0.4 is 0 Å². The lowest BCUT2D eigenvalue weighted by atomic mass is 10.1. The maximum absolute atomic E-state index is 12.8. The number of alkyl halides is 2. The van der Waals surface area contributed by atoms with E-state index in [2.05, 4.69) is 0 Å². The van der Waals surface area contributed by atoms with E-state index in [1.165, 1.54) is 4.90 Å². The third-order valence-corrected chi connectivity index (χ3v) is 5.68. The highest BCUT2D eigenvalue weighted by Crippen LogP contribution is 2.23. The molecule has 0 fully saturated rings. The van der Waals surface area contributed by atoms with Gasteiger partial charge in [-0.15, -0.1) is 0 Å². The molecule has 0 aliphatic heterocycles. The second kappa shape index (κ2) is 9.60. The molecule has 0 heterocycles. The lowest BCUT2D eigenvalue weighted by Crippen LogP contribution is -2.36. The van der Waals surface area contributed by atoms with Gasteiger partial charge in [0.2, 0.25) is 15.9 Å². The van der Waals surface area contributed by atoms with Crippen molar-refractivity contribution < 1.29 is 31.5 Å². The van der Waals surface area contributed by atoms with Gasteiger partial charge in [0, 0.05) is 18.7 Å². The zero-order chi connectivity index (χ0) is 21.6. The Balaban J connectivity index is 2.29. The van der Waals surface area contributed by atoms with Gasteiger partial charge in [-0.1, -0.05) is 30.3 Å². The maximum Gasteiger partial charge on any atom is 0.341 e. The SMILES string of the molecule is CCN(CC)C(=O)C(OC(=O)c1ccc(S(=O)(=O)C(F)F)cc1)c1ccccc1. The number of benzene rings is 2. The van der Waals surface area contributed by atoms with Crippen molar-refractivity contribution in [3.05, 3.63) is 65.7 Å². The first-order chi connectivity index (χ1) is 13.7. The van der Waals surface area contributed by atoms with Crippen LogP contribution in [0.2, 0.25) is 0 Å². The number of halogens is 2. The maximum atomic E-state index is 12.8. The first-order valence-corrected chi connectivity index (χ1v) is 10.4. The van der Waals surface area contributed by atoms with Crippen LogP contribution in [0.3, 0.4) is 0 Å². The predicted octanol–water partition coefficient (Wildman–Crippen LogP) is 3.45. The van der Waals surface area contributed by atoms with E-state index < -0.39 is 38.5 Å². The fourth-order valence-electron chi connectivity index (χ4n) is 2.65. The normalized spacial score (nSPS) is 12.4. The van der Waals surface area contributed by atoms with Crippen LogP contribution in [0, 0.1) is 0 Å². The molecular formula is C20H21F2NO5S. The number of amides is 1. The second-order valence-electron chi connectivity index (χ2n) is 6.04. The van der Waals surface area contributed by atoms with Gasteiger partial charge in [-0.05, 0) is 38.1 Å². The standard InChI is InChI=1S/C20H21F2NO5S/c1-3-23(4-2)18(24)17(14-8-6-5-7-9-14)28-19(25)15-10-12-16(13-11-15)29(26,27)20(21)22/h5-13,17,20H,3-4H2,1-2H3. The van der Waals surface area contributed by atoms with Crippen LogP contribution in [0.4, 0.5) is 8.78 Å². The minimum Gasteiger partial charge on any atom is -0.444 e. The lowest BCUT2D eigenvalue weighted by molar-refractivity contribution is -0.140. The highest BCUT2D eigenvalue weighted by molar-refractivity contribution is 7.91. The summed E-state index contributed by atoms with van der Waals surface area (Å²) in [6.45, 7) is 4.45. The Bertz CT molecular complexity index is 943. The Morgan fingerprint density at radius 3 is 2.00 bits per heavy atom. The Labute approximate surface area is 168 Å². The van der Waals surface area contributed by atoms with Gasteiger partial charge in [0.15, 0.2) is 0 Å². The monoisotopic (exact) mass is 425 g/mol. The molecule has 0 bridgehead atoms. The van der Waals surface area contributed by atoms with E-state index in [0.717, 1.165) is 24.3 Å². The van der Waals surface area contributed by atoms with E-state index in [4.69, 9.17) is 4.74 Å². The number of hydrogen-bond acceptors (Lipinski definition) is 5. The van der Waals surface area contributed by atoms with Crippen molar-refractivity contribution in [1.82, 2.24) is 4.90 Å². The van der Waals surface area contributed by atoms with Crippen molar-refractivity contribution in [2.24, 2.45) is 0 Å². The summed E-state index contributed by atoms with van der Waals surface area (Å²) in [6, 6.07) is 12.4. The molecule has 9 heteroatoms. The number of nitrogens with zero attached hydrogens (tertiary/aromatic N) is 1. The summed E-state index contributed by atoms with van der Waals surface area (Å²) >= 11 is 0. The summed E-state index contributed by atoms with van der Waals surface area (Å²) in [5, 5.41) is 0. The largest absolute Gasteiger partial charge is 0.444 e. The number of ether oxygens (including phenoxy) is 1. The van der Waals surface area contributed by atoms with Crippen molar-refractivity contribution in [1.29, 1.82) is 0 Å². The van der Waals surface area contributed by atoms with E-state index in [1.54, 1.807) is 44.2 Å². The zero-order valence-electron chi connectivity index (χ0n) is 15.9. The second-order valence-corrected chi connectivity index (χ2v) is 7.95. The number of carbonyl (C=O) groups is 2. The van der Waals surface area contributed by atoms with E-state index in [-0.39, 0.29) is 5.56 Å². The molecule has 0 N–H and O–H groups in total. The number of hydrogen-bond donors (Lipinski definition) is 0. The number of sulfone groups is 1. The van der Waals surface area contributed by atoms with E-state index in [1.807, 2.05) is 0 Å². The lowest BCUT2D eigenvalue weighted by Gasteiger charge is -2.25. The molecule has 0 radical (unpaired) electrons. The third kappa shape index (κ3) is 5.17. The molecule has 0 saturated carbocycles. The Morgan fingerprint density at radius 1 is 0.966 bits per heavy atom. The van der Waals surface area contributed by atoms with Gasteiger partial charge in [0.25, 0.3) is 5.91 Å². The van der Waals surface area contributed by atoms with Crippen LogP contribution in [0.5, 0.6) is 0 Å². The quantitative estimate of drug-likeness (QED) is 0.605. The van der Waals surface area contributed by atoms with Crippen LogP contribution in [0.15, 0.2) is 59.5 Å². The smallest absolute Gasteiger partial charge is 0.341 e. The van der Waals surface area contributed by atoms with Crippen LogP contribution in [-0.2, 0) is 19.4 Å². The number of likely N-dealkylation sites (N-methyl/N-ethyl adjacent to an activating group) is 1.